The van der Waals surface area contributed by atoms with Crippen LogP contribution in [0.4, 0.5) is 5.82 Å². The van der Waals surface area contributed by atoms with Crippen molar-refractivity contribution < 1.29 is 8.42 Å². The second-order valence-electron chi connectivity index (χ2n) is 5.29. The number of nitrogens with zero attached hydrogens (tertiary/aromatic N) is 2. The van der Waals surface area contributed by atoms with Crippen LogP contribution in [0.1, 0.15) is 26.0 Å². The van der Waals surface area contributed by atoms with Gasteiger partial charge in [-0.3, -0.25) is 4.68 Å². The molecule has 1 aliphatic carbocycles. The molecule has 0 spiro atoms. The number of nitrogens with one attached hydrogen (secondary N) is 1. The zero-order valence-electron chi connectivity index (χ0n) is 10.5. The molecular formula is C10H18N4O2S. The summed E-state index contributed by atoms with van der Waals surface area (Å²) in [5.41, 5.74) is 6.23. The van der Waals surface area contributed by atoms with Gasteiger partial charge in [-0.2, -0.15) is 5.10 Å². The quantitative estimate of drug-likeness (QED) is 0.820. The molecule has 3 N–H and O–H groups in total. The van der Waals surface area contributed by atoms with Crippen molar-refractivity contribution in [3.05, 3.63) is 5.69 Å². The Morgan fingerprint density at radius 3 is 2.41 bits per heavy atom. The maximum atomic E-state index is 12.2. The number of rotatable bonds is 3. The number of aromatic nitrogens is 2. The molecule has 0 bridgehead atoms. The van der Waals surface area contributed by atoms with Crippen molar-refractivity contribution in [3.63, 3.8) is 0 Å². The third-order valence-corrected chi connectivity index (χ3v) is 5.02. The average molecular weight is 258 g/mol. The molecule has 0 aromatic carbocycles. The molecule has 0 aliphatic heterocycles. The van der Waals surface area contributed by atoms with Crippen LogP contribution in [0.25, 0.3) is 0 Å². The summed E-state index contributed by atoms with van der Waals surface area (Å²) in [6.07, 6.45) is 0.853. The molecule has 96 valence electrons. The topological polar surface area (TPSA) is 90.0 Å². The lowest BCUT2D eigenvalue weighted by molar-refractivity contribution is 0.554. The first-order chi connectivity index (χ1) is 7.65. The number of anilines is 1. The van der Waals surface area contributed by atoms with Crippen LogP contribution in [0.15, 0.2) is 4.90 Å². The molecule has 6 nitrogen and oxygen atoms in total. The predicted octanol–water partition coefficient (Wildman–Crippen LogP) is 0.388. The van der Waals surface area contributed by atoms with Crippen molar-refractivity contribution in [2.45, 2.75) is 38.1 Å². The van der Waals surface area contributed by atoms with E-state index in [1.165, 1.54) is 4.68 Å². The normalized spacial score (nSPS) is 22.7. The summed E-state index contributed by atoms with van der Waals surface area (Å²) >= 11 is 0. The van der Waals surface area contributed by atoms with Crippen LogP contribution in [0.2, 0.25) is 0 Å². The molecule has 1 heterocycles. The standard InChI is InChI=1S/C10H18N4O2S/c1-6-8(9(11)12-14(6)4)17(15,16)13-7-5-10(7,2)3/h7,13H,5H2,1-4H3,(H2,11,12). The zero-order chi connectivity index (χ0) is 13.0. The second-order valence-corrected chi connectivity index (χ2v) is 6.94. The van der Waals surface area contributed by atoms with Gasteiger partial charge in [-0.25, -0.2) is 13.1 Å². The maximum Gasteiger partial charge on any atom is 0.246 e. The molecule has 1 unspecified atom stereocenters. The lowest BCUT2D eigenvalue weighted by atomic mass is 10.2. The van der Waals surface area contributed by atoms with E-state index in [-0.39, 0.29) is 22.2 Å². The molecule has 2 rings (SSSR count). The van der Waals surface area contributed by atoms with Crippen molar-refractivity contribution in [2.24, 2.45) is 12.5 Å². The fourth-order valence-corrected chi connectivity index (χ4v) is 3.59. The van der Waals surface area contributed by atoms with Crippen molar-refractivity contribution in [1.29, 1.82) is 0 Å². The minimum atomic E-state index is -3.57. The SMILES string of the molecule is Cc1c(S(=O)(=O)NC2CC2(C)C)c(N)nn1C. The van der Waals surface area contributed by atoms with Gasteiger partial charge in [0.1, 0.15) is 4.90 Å². The van der Waals surface area contributed by atoms with Gasteiger partial charge in [0.25, 0.3) is 0 Å². The Bertz CT molecular complexity index is 559. The number of aryl methyl sites for hydroxylation is 1. The van der Waals surface area contributed by atoms with E-state index in [1.54, 1.807) is 14.0 Å². The van der Waals surface area contributed by atoms with Gasteiger partial charge in [0.2, 0.25) is 10.0 Å². The summed E-state index contributed by atoms with van der Waals surface area (Å²) in [5, 5.41) is 3.92. The van der Waals surface area contributed by atoms with Gasteiger partial charge < -0.3 is 5.73 Å². The molecule has 1 aromatic rings. The number of hydrogen-bond donors (Lipinski definition) is 2. The second kappa shape index (κ2) is 3.46. The third-order valence-electron chi connectivity index (χ3n) is 3.38. The monoisotopic (exact) mass is 258 g/mol. The van der Waals surface area contributed by atoms with Crippen molar-refractivity contribution in [3.8, 4) is 0 Å². The van der Waals surface area contributed by atoms with E-state index in [1.807, 2.05) is 13.8 Å². The molecule has 17 heavy (non-hydrogen) atoms. The van der Waals surface area contributed by atoms with E-state index in [0.29, 0.717) is 5.69 Å². The van der Waals surface area contributed by atoms with Gasteiger partial charge in [0, 0.05) is 13.1 Å². The number of nitrogens with two attached hydrogens (primary N) is 1. The van der Waals surface area contributed by atoms with Crippen molar-refractivity contribution >= 4 is 15.8 Å². The number of sulfonamides is 1. The Kier molecular flexibility index (Phi) is 2.52. The summed E-state index contributed by atoms with van der Waals surface area (Å²) in [7, 11) is -1.89. The predicted molar refractivity (Wildman–Crippen MR) is 64.9 cm³/mol. The summed E-state index contributed by atoms with van der Waals surface area (Å²) in [6, 6.07) is -0.00786. The smallest absolute Gasteiger partial charge is 0.246 e. The molecule has 1 aliphatic rings. The van der Waals surface area contributed by atoms with Crippen LogP contribution >= 0.6 is 0 Å². The number of hydrogen-bond acceptors (Lipinski definition) is 4. The lowest BCUT2D eigenvalue weighted by Gasteiger charge is -2.08. The van der Waals surface area contributed by atoms with Crippen LogP contribution < -0.4 is 10.5 Å². The van der Waals surface area contributed by atoms with Gasteiger partial charge in [-0.05, 0) is 18.8 Å². The molecule has 1 aromatic heterocycles. The highest BCUT2D eigenvalue weighted by atomic mass is 32.2. The molecule has 1 saturated carbocycles. The summed E-state index contributed by atoms with van der Waals surface area (Å²) in [6.45, 7) is 5.75. The fraction of sp³-hybridized carbons (Fsp3) is 0.700. The Morgan fingerprint density at radius 2 is 2.06 bits per heavy atom. The highest BCUT2D eigenvalue weighted by molar-refractivity contribution is 7.89. The first-order valence-electron chi connectivity index (χ1n) is 5.46. The molecule has 1 atom stereocenters. The van der Waals surface area contributed by atoms with Crippen LogP contribution in [-0.4, -0.2) is 24.2 Å². The summed E-state index contributed by atoms with van der Waals surface area (Å²) in [4.78, 5) is 0.0997. The van der Waals surface area contributed by atoms with Crippen LogP contribution in [-0.2, 0) is 17.1 Å². The fourth-order valence-electron chi connectivity index (χ4n) is 1.86. The maximum absolute atomic E-state index is 12.2. The Balaban J connectivity index is 2.33. The molecule has 0 saturated heterocycles. The molecule has 0 radical (unpaired) electrons. The van der Waals surface area contributed by atoms with Gasteiger partial charge in [-0.15, -0.1) is 0 Å². The Hall–Kier alpha value is -1.08. The van der Waals surface area contributed by atoms with Crippen LogP contribution in [0, 0.1) is 12.3 Å². The molecule has 0 amide bonds. The van der Waals surface area contributed by atoms with E-state index >= 15 is 0 Å². The van der Waals surface area contributed by atoms with E-state index < -0.39 is 10.0 Å². The first-order valence-corrected chi connectivity index (χ1v) is 6.95. The average Bonchev–Trinajstić information content (AvgIpc) is 2.60. The van der Waals surface area contributed by atoms with Gasteiger partial charge in [0.15, 0.2) is 5.82 Å². The highest BCUT2D eigenvalue weighted by Gasteiger charge is 2.48. The number of nitrogen functional groups attached to an aromatic ring is 1. The van der Waals surface area contributed by atoms with Crippen LogP contribution in [0.3, 0.4) is 0 Å². The third kappa shape index (κ3) is 2.04. The van der Waals surface area contributed by atoms with Crippen molar-refractivity contribution in [2.75, 3.05) is 5.73 Å². The van der Waals surface area contributed by atoms with Gasteiger partial charge >= 0.3 is 0 Å². The first kappa shape index (κ1) is 12.4. The zero-order valence-corrected chi connectivity index (χ0v) is 11.3. The van der Waals surface area contributed by atoms with E-state index in [2.05, 4.69) is 9.82 Å². The minimum absolute atomic E-state index is 0.00786. The highest BCUT2D eigenvalue weighted by Crippen LogP contribution is 2.45. The largest absolute Gasteiger partial charge is 0.381 e. The van der Waals surface area contributed by atoms with Crippen molar-refractivity contribution in [1.82, 2.24) is 14.5 Å². The summed E-state index contributed by atoms with van der Waals surface area (Å²) < 4.78 is 28.5. The Morgan fingerprint density at radius 1 is 1.53 bits per heavy atom. The van der Waals surface area contributed by atoms with Crippen LogP contribution in [0.5, 0.6) is 0 Å². The van der Waals surface area contributed by atoms with E-state index in [4.69, 9.17) is 5.73 Å². The molecule has 7 heteroatoms. The molecular weight excluding hydrogens is 240 g/mol. The van der Waals surface area contributed by atoms with Gasteiger partial charge in [0.05, 0.1) is 5.69 Å². The summed E-state index contributed by atoms with van der Waals surface area (Å²) in [5.74, 6) is 0.0518. The van der Waals surface area contributed by atoms with Gasteiger partial charge in [-0.1, -0.05) is 13.8 Å². The minimum Gasteiger partial charge on any atom is -0.381 e. The van der Waals surface area contributed by atoms with E-state index in [0.717, 1.165) is 6.42 Å². The molecule has 1 fully saturated rings. The Labute approximate surface area is 101 Å². The van der Waals surface area contributed by atoms with E-state index in [9.17, 15) is 8.42 Å². The lowest BCUT2D eigenvalue weighted by Crippen LogP contribution is -2.29.